The Balaban J connectivity index is 1.60. The zero-order valence-electron chi connectivity index (χ0n) is 11.4. The lowest BCUT2D eigenvalue weighted by atomic mass is 9.77. The fraction of sp³-hybridized carbons (Fsp3) is 0.857. The van der Waals surface area contributed by atoms with E-state index >= 15 is 0 Å². The Bertz CT molecular complexity index is 389. The van der Waals surface area contributed by atoms with Gasteiger partial charge in [-0.2, -0.15) is 4.98 Å². The van der Waals surface area contributed by atoms with Crippen molar-refractivity contribution in [2.75, 3.05) is 13.1 Å². The van der Waals surface area contributed by atoms with E-state index in [-0.39, 0.29) is 0 Å². The molecule has 2 fully saturated rings. The van der Waals surface area contributed by atoms with Gasteiger partial charge in [0.1, 0.15) is 0 Å². The minimum atomic E-state index is 0.457. The van der Waals surface area contributed by atoms with Crippen LogP contribution in [0, 0.1) is 11.8 Å². The van der Waals surface area contributed by atoms with Crippen molar-refractivity contribution >= 4 is 0 Å². The smallest absolute Gasteiger partial charge is 0.232 e. The molecule has 1 saturated carbocycles. The first-order valence-electron chi connectivity index (χ1n) is 7.28. The molecule has 0 amide bonds. The third-order valence-corrected chi connectivity index (χ3v) is 4.67. The maximum Gasteiger partial charge on any atom is 0.232 e. The van der Waals surface area contributed by atoms with Crippen LogP contribution >= 0.6 is 0 Å². The van der Waals surface area contributed by atoms with Gasteiger partial charge in [0, 0.05) is 19.0 Å². The van der Waals surface area contributed by atoms with Crippen LogP contribution in [0.15, 0.2) is 4.52 Å². The largest absolute Gasteiger partial charge is 0.339 e. The van der Waals surface area contributed by atoms with Crippen LogP contribution in [0.3, 0.4) is 0 Å². The first kappa shape index (κ1) is 12.2. The Morgan fingerprint density at radius 2 is 1.83 bits per heavy atom. The van der Waals surface area contributed by atoms with Crippen molar-refractivity contribution in [1.29, 1.82) is 0 Å². The van der Waals surface area contributed by atoms with Gasteiger partial charge < -0.3 is 9.84 Å². The molecule has 1 aromatic rings. The van der Waals surface area contributed by atoms with E-state index in [1.165, 1.54) is 25.7 Å². The lowest BCUT2D eigenvalue weighted by molar-refractivity contribution is 0.250. The van der Waals surface area contributed by atoms with Gasteiger partial charge in [-0.15, -0.1) is 0 Å². The molecule has 4 heteroatoms. The summed E-state index contributed by atoms with van der Waals surface area (Å²) < 4.78 is 5.39. The van der Waals surface area contributed by atoms with Crippen molar-refractivity contribution in [3.05, 3.63) is 11.7 Å². The summed E-state index contributed by atoms with van der Waals surface area (Å²) in [4.78, 5) is 4.61. The van der Waals surface area contributed by atoms with Crippen LogP contribution in [0.25, 0.3) is 0 Å². The van der Waals surface area contributed by atoms with Crippen molar-refractivity contribution in [2.45, 2.75) is 51.4 Å². The molecule has 0 atom stereocenters. The predicted octanol–water partition coefficient (Wildman–Crippen LogP) is 2.69. The Labute approximate surface area is 109 Å². The maximum atomic E-state index is 5.39. The summed E-state index contributed by atoms with van der Waals surface area (Å²) in [5, 5.41) is 7.44. The first-order chi connectivity index (χ1) is 8.74. The molecule has 2 heterocycles. The normalized spacial score (nSPS) is 29.5. The van der Waals surface area contributed by atoms with Gasteiger partial charge in [-0.05, 0) is 37.5 Å². The molecule has 1 N–H and O–H groups in total. The zero-order chi connectivity index (χ0) is 12.5. The Morgan fingerprint density at radius 3 is 2.39 bits per heavy atom. The highest BCUT2D eigenvalue weighted by Crippen LogP contribution is 2.37. The SMILES string of the molecule is CC(C)C1CCC(c2noc(C3CNC3)n2)CC1. The first-order valence-corrected chi connectivity index (χ1v) is 7.28. The highest BCUT2D eigenvalue weighted by Gasteiger charge is 2.30. The molecule has 1 aliphatic carbocycles. The van der Waals surface area contributed by atoms with Crippen LogP contribution in [0.5, 0.6) is 0 Å². The number of nitrogens with one attached hydrogen (secondary N) is 1. The molecule has 1 saturated heterocycles. The molecular formula is C14H23N3O. The molecule has 4 nitrogen and oxygen atoms in total. The maximum absolute atomic E-state index is 5.39. The van der Waals surface area contributed by atoms with E-state index in [1.807, 2.05) is 0 Å². The lowest BCUT2D eigenvalue weighted by Gasteiger charge is -2.29. The Kier molecular flexibility index (Phi) is 3.37. The van der Waals surface area contributed by atoms with Gasteiger partial charge in [0.2, 0.25) is 5.89 Å². The molecule has 3 rings (SSSR count). The Morgan fingerprint density at radius 1 is 1.11 bits per heavy atom. The molecule has 100 valence electrons. The molecular weight excluding hydrogens is 226 g/mol. The summed E-state index contributed by atoms with van der Waals surface area (Å²) in [6.45, 7) is 6.64. The predicted molar refractivity (Wildman–Crippen MR) is 69.4 cm³/mol. The minimum absolute atomic E-state index is 0.457. The second-order valence-electron chi connectivity index (χ2n) is 6.20. The van der Waals surface area contributed by atoms with Crippen molar-refractivity contribution in [3.8, 4) is 0 Å². The third kappa shape index (κ3) is 2.30. The second-order valence-corrected chi connectivity index (χ2v) is 6.20. The van der Waals surface area contributed by atoms with E-state index in [9.17, 15) is 0 Å². The molecule has 1 aromatic heterocycles. The van der Waals surface area contributed by atoms with Crippen LogP contribution < -0.4 is 5.32 Å². The fourth-order valence-corrected chi connectivity index (χ4v) is 3.09. The number of nitrogens with zero attached hydrogens (tertiary/aromatic N) is 2. The van der Waals surface area contributed by atoms with Crippen molar-refractivity contribution < 1.29 is 4.52 Å². The van der Waals surface area contributed by atoms with Crippen LogP contribution in [0.2, 0.25) is 0 Å². The van der Waals surface area contributed by atoms with E-state index < -0.39 is 0 Å². The van der Waals surface area contributed by atoms with Gasteiger partial charge in [0.15, 0.2) is 5.82 Å². The number of hydrogen-bond donors (Lipinski definition) is 1. The molecule has 0 bridgehead atoms. The highest BCUT2D eigenvalue weighted by atomic mass is 16.5. The van der Waals surface area contributed by atoms with Gasteiger partial charge >= 0.3 is 0 Å². The van der Waals surface area contributed by atoms with Crippen molar-refractivity contribution in [2.24, 2.45) is 11.8 Å². The monoisotopic (exact) mass is 249 g/mol. The zero-order valence-corrected chi connectivity index (χ0v) is 11.4. The Hall–Kier alpha value is -0.900. The van der Waals surface area contributed by atoms with Crippen LogP contribution in [0.1, 0.15) is 63.1 Å². The summed E-state index contributed by atoms with van der Waals surface area (Å²) in [6, 6.07) is 0. The summed E-state index contributed by atoms with van der Waals surface area (Å²) >= 11 is 0. The number of hydrogen-bond acceptors (Lipinski definition) is 4. The molecule has 1 aliphatic heterocycles. The van der Waals surface area contributed by atoms with E-state index in [2.05, 4.69) is 29.3 Å². The summed E-state index contributed by atoms with van der Waals surface area (Å²) in [7, 11) is 0. The number of aromatic nitrogens is 2. The number of rotatable bonds is 3. The standard InChI is InChI=1S/C14H23N3O/c1-9(2)10-3-5-11(6-4-10)13-16-14(18-17-13)12-7-15-8-12/h9-12,15H,3-8H2,1-2H3. The van der Waals surface area contributed by atoms with Crippen molar-refractivity contribution in [3.63, 3.8) is 0 Å². The van der Waals surface area contributed by atoms with Gasteiger partial charge in [-0.1, -0.05) is 19.0 Å². The van der Waals surface area contributed by atoms with E-state index in [0.29, 0.717) is 11.8 Å². The van der Waals surface area contributed by atoms with E-state index in [0.717, 1.165) is 36.6 Å². The van der Waals surface area contributed by atoms with Crippen LogP contribution in [-0.4, -0.2) is 23.2 Å². The average Bonchev–Trinajstić information content (AvgIpc) is 2.76. The third-order valence-electron chi connectivity index (χ3n) is 4.67. The van der Waals surface area contributed by atoms with E-state index in [1.54, 1.807) is 0 Å². The average molecular weight is 249 g/mol. The second kappa shape index (κ2) is 5.00. The lowest BCUT2D eigenvalue weighted by Crippen LogP contribution is -2.40. The minimum Gasteiger partial charge on any atom is -0.339 e. The molecule has 0 radical (unpaired) electrons. The summed E-state index contributed by atoms with van der Waals surface area (Å²) in [6.07, 6.45) is 5.09. The van der Waals surface area contributed by atoms with Gasteiger partial charge in [-0.25, -0.2) is 0 Å². The van der Waals surface area contributed by atoms with Crippen LogP contribution in [-0.2, 0) is 0 Å². The molecule has 18 heavy (non-hydrogen) atoms. The molecule has 0 spiro atoms. The molecule has 0 aromatic carbocycles. The molecule has 2 aliphatic rings. The topological polar surface area (TPSA) is 51.0 Å². The molecule has 0 unspecified atom stereocenters. The van der Waals surface area contributed by atoms with Gasteiger partial charge in [0.25, 0.3) is 0 Å². The van der Waals surface area contributed by atoms with Gasteiger partial charge in [-0.3, -0.25) is 0 Å². The fourth-order valence-electron chi connectivity index (χ4n) is 3.09. The summed E-state index contributed by atoms with van der Waals surface area (Å²) in [5.74, 6) is 4.49. The highest BCUT2D eigenvalue weighted by molar-refractivity contribution is 5.04. The van der Waals surface area contributed by atoms with Crippen LogP contribution in [0.4, 0.5) is 0 Å². The quantitative estimate of drug-likeness (QED) is 0.894. The summed E-state index contributed by atoms with van der Waals surface area (Å²) in [5.41, 5.74) is 0. The van der Waals surface area contributed by atoms with E-state index in [4.69, 9.17) is 4.52 Å². The van der Waals surface area contributed by atoms with Gasteiger partial charge in [0.05, 0.1) is 5.92 Å². The van der Waals surface area contributed by atoms with Crippen molar-refractivity contribution in [1.82, 2.24) is 15.5 Å².